The lowest BCUT2D eigenvalue weighted by Crippen LogP contribution is -2.04. The van der Waals surface area contributed by atoms with E-state index in [2.05, 4.69) is 20.9 Å². The highest BCUT2D eigenvalue weighted by Gasteiger charge is 2.15. The summed E-state index contributed by atoms with van der Waals surface area (Å²) in [5, 5.41) is 10.1. The third-order valence-corrected chi connectivity index (χ3v) is 3.78. The molecule has 0 amide bonds. The molecule has 2 rings (SSSR count). The van der Waals surface area contributed by atoms with Crippen molar-refractivity contribution in [1.29, 1.82) is 0 Å². The second-order valence-corrected chi connectivity index (χ2v) is 5.74. The molecule has 100 valence electrons. The predicted octanol–water partition coefficient (Wildman–Crippen LogP) is 4.38. The number of carbonyl (C=O) groups is 1. The van der Waals surface area contributed by atoms with Gasteiger partial charge in [-0.15, -0.1) is 0 Å². The summed E-state index contributed by atoms with van der Waals surface area (Å²) in [5.41, 5.74) is 2.95. The van der Waals surface area contributed by atoms with Gasteiger partial charge in [0.1, 0.15) is 0 Å². The van der Waals surface area contributed by atoms with E-state index in [9.17, 15) is 9.90 Å². The van der Waals surface area contributed by atoms with Crippen LogP contribution in [0.3, 0.4) is 0 Å². The van der Waals surface area contributed by atoms with Crippen LogP contribution in [0.5, 0.6) is 0 Å². The number of nitrogens with zero attached hydrogens (tertiary/aromatic N) is 1. The Balaban J connectivity index is 2.86. The monoisotopic (exact) mass is 321 g/mol. The van der Waals surface area contributed by atoms with E-state index in [1.807, 2.05) is 32.9 Å². The van der Waals surface area contributed by atoms with Crippen LogP contribution in [-0.2, 0) is 6.42 Å². The first-order valence-corrected chi connectivity index (χ1v) is 7.09. The van der Waals surface area contributed by atoms with Gasteiger partial charge in [-0.2, -0.15) is 0 Å². The Kier molecular flexibility index (Phi) is 3.90. The van der Waals surface area contributed by atoms with Gasteiger partial charge in [-0.25, -0.2) is 4.79 Å². The Hall–Kier alpha value is -1.42. The van der Waals surface area contributed by atoms with Crippen LogP contribution >= 0.6 is 15.9 Å². The van der Waals surface area contributed by atoms with Crippen molar-refractivity contribution in [2.24, 2.45) is 0 Å². The third-order valence-electron chi connectivity index (χ3n) is 3.18. The molecule has 1 heterocycles. The summed E-state index contributed by atoms with van der Waals surface area (Å²) in [6, 6.07) is 5.60. The smallest absolute Gasteiger partial charge is 0.336 e. The molecule has 0 spiro atoms. The number of carboxylic acids is 1. The number of hydrogen-bond acceptors (Lipinski definition) is 2. The Labute approximate surface area is 120 Å². The molecular weight excluding hydrogens is 306 g/mol. The number of benzene rings is 1. The van der Waals surface area contributed by atoms with Gasteiger partial charge in [-0.3, -0.25) is 4.98 Å². The summed E-state index contributed by atoms with van der Waals surface area (Å²) in [6.45, 7) is 6.06. The molecule has 3 nitrogen and oxygen atoms in total. The topological polar surface area (TPSA) is 50.2 Å². The van der Waals surface area contributed by atoms with Crippen molar-refractivity contribution in [3.05, 3.63) is 39.5 Å². The standard InChI is InChI=1S/C15H16BrNO2/c1-4-9-5-10-11(15(18)19)7-13(8(2)3)17-14(10)12(16)6-9/h5-8H,4H2,1-3H3,(H,18,19). The molecule has 4 heteroatoms. The largest absolute Gasteiger partial charge is 0.478 e. The summed E-state index contributed by atoms with van der Waals surface area (Å²) in [6.07, 6.45) is 0.861. The molecule has 0 unspecified atom stereocenters. The fraction of sp³-hybridized carbons (Fsp3) is 0.333. The highest BCUT2D eigenvalue weighted by atomic mass is 79.9. The van der Waals surface area contributed by atoms with E-state index in [-0.39, 0.29) is 5.92 Å². The highest BCUT2D eigenvalue weighted by molar-refractivity contribution is 9.10. The maximum atomic E-state index is 11.5. The van der Waals surface area contributed by atoms with Crippen LogP contribution in [0, 0.1) is 0 Å². The van der Waals surface area contributed by atoms with Crippen LogP contribution in [-0.4, -0.2) is 16.1 Å². The van der Waals surface area contributed by atoms with Gasteiger partial charge < -0.3 is 5.11 Å². The molecule has 0 saturated carbocycles. The third kappa shape index (κ3) is 2.63. The number of aromatic carboxylic acids is 1. The number of halogens is 1. The number of aryl methyl sites for hydroxylation is 1. The SMILES string of the molecule is CCc1cc(Br)c2nc(C(C)C)cc(C(=O)O)c2c1. The van der Waals surface area contributed by atoms with Crippen molar-refractivity contribution in [3.8, 4) is 0 Å². The van der Waals surface area contributed by atoms with E-state index in [0.29, 0.717) is 10.9 Å². The Morgan fingerprint density at radius 1 is 1.37 bits per heavy atom. The van der Waals surface area contributed by atoms with Crippen molar-refractivity contribution in [2.45, 2.75) is 33.1 Å². The molecule has 0 aliphatic rings. The van der Waals surface area contributed by atoms with Gasteiger partial charge in [0.05, 0.1) is 11.1 Å². The lowest BCUT2D eigenvalue weighted by atomic mass is 10.0. The Morgan fingerprint density at radius 2 is 2.05 bits per heavy atom. The Morgan fingerprint density at radius 3 is 2.58 bits per heavy atom. The summed E-state index contributed by atoms with van der Waals surface area (Å²) >= 11 is 3.50. The number of aromatic nitrogens is 1. The average molecular weight is 322 g/mol. The van der Waals surface area contributed by atoms with Crippen molar-refractivity contribution in [2.75, 3.05) is 0 Å². The number of hydrogen-bond donors (Lipinski definition) is 1. The fourth-order valence-corrected chi connectivity index (χ4v) is 2.63. The van der Waals surface area contributed by atoms with Crippen LogP contribution in [0.15, 0.2) is 22.7 Å². The van der Waals surface area contributed by atoms with Crippen LogP contribution in [0.2, 0.25) is 0 Å². The number of fused-ring (bicyclic) bond motifs is 1. The summed E-state index contributed by atoms with van der Waals surface area (Å²) in [7, 11) is 0. The van der Waals surface area contributed by atoms with Crippen LogP contribution in [0.4, 0.5) is 0 Å². The maximum absolute atomic E-state index is 11.5. The number of pyridine rings is 1. The number of rotatable bonds is 3. The van der Waals surface area contributed by atoms with Crippen LogP contribution < -0.4 is 0 Å². The minimum absolute atomic E-state index is 0.195. The summed E-state index contributed by atoms with van der Waals surface area (Å²) < 4.78 is 0.854. The normalized spacial score (nSPS) is 11.2. The van der Waals surface area contributed by atoms with Crippen LogP contribution in [0.25, 0.3) is 10.9 Å². The first-order chi connectivity index (χ1) is 8.93. The molecule has 0 bridgehead atoms. The fourth-order valence-electron chi connectivity index (χ4n) is 2.04. The minimum atomic E-state index is -0.908. The zero-order valence-electron chi connectivity index (χ0n) is 11.2. The van der Waals surface area contributed by atoms with Crippen molar-refractivity contribution in [3.63, 3.8) is 0 Å². The molecule has 19 heavy (non-hydrogen) atoms. The summed E-state index contributed by atoms with van der Waals surface area (Å²) in [4.78, 5) is 16.0. The zero-order valence-corrected chi connectivity index (χ0v) is 12.8. The minimum Gasteiger partial charge on any atom is -0.478 e. The van der Waals surface area contributed by atoms with Gasteiger partial charge in [0.15, 0.2) is 0 Å². The van der Waals surface area contributed by atoms with Crippen molar-refractivity contribution >= 4 is 32.8 Å². The molecule has 1 aromatic carbocycles. The molecule has 0 aliphatic carbocycles. The zero-order chi connectivity index (χ0) is 14.2. The quantitative estimate of drug-likeness (QED) is 0.912. The molecule has 0 fully saturated rings. The van der Waals surface area contributed by atoms with Crippen molar-refractivity contribution in [1.82, 2.24) is 4.98 Å². The lowest BCUT2D eigenvalue weighted by Gasteiger charge is -2.11. The molecule has 1 aromatic heterocycles. The molecule has 1 N–H and O–H groups in total. The molecular formula is C15H16BrNO2. The van der Waals surface area contributed by atoms with Gasteiger partial charge >= 0.3 is 5.97 Å². The van der Waals surface area contributed by atoms with Gasteiger partial charge in [-0.1, -0.05) is 20.8 Å². The van der Waals surface area contributed by atoms with E-state index >= 15 is 0 Å². The molecule has 0 aliphatic heterocycles. The van der Waals surface area contributed by atoms with E-state index in [1.165, 1.54) is 0 Å². The predicted molar refractivity (Wildman–Crippen MR) is 79.9 cm³/mol. The van der Waals surface area contributed by atoms with Gasteiger partial charge in [-0.05, 0) is 52.0 Å². The van der Waals surface area contributed by atoms with E-state index < -0.39 is 5.97 Å². The first kappa shape index (κ1) is 14.0. The van der Waals surface area contributed by atoms with E-state index in [0.717, 1.165) is 27.7 Å². The van der Waals surface area contributed by atoms with E-state index in [4.69, 9.17) is 0 Å². The maximum Gasteiger partial charge on any atom is 0.336 e. The second kappa shape index (κ2) is 5.29. The average Bonchev–Trinajstić information content (AvgIpc) is 2.37. The second-order valence-electron chi connectivity index (χ2n) is 4.88. The first-order valence-electron chi connectivity index (χ1n) is 6.30. The molecule has 0 radical (unpaired) electrons. The van der Waals surface area contributed by atoms with E-state index in [1.54, 1.807) is 6.07 Å². The highest BCUT2D eigenvalue weighted by Crippen LogP contribution is 2.29. The Bertz CT molecular complexity index is 650. The van der Waals surface area contributed by atoms with Crippen molar-refractivity contribution < 1.29 is 9.90 Å². The van der Waals surface area contributed by atoms with Gasteiger partial charge in [0, 0.05) is 15.6 Å². The lowest BCUT2D eigenvalue weighted by molar-refractivity contribution is 0.0699. The van der Waals surface area contributed by atoms with Gasteiger partial charge in [0.2, 0.25) is 0 Å². The molecule has 0 atom stereocenters. The van der Waals surface area contributed by atoms with Crippen LogP contribution in [0.1, 0.15) is 48.3 Å². The molecule has 2 aromatic rings. The molecule has 0 saturated heterocycles. The van der Waals surface area contributed by atoms with Gasteiger partial charge in [0.25, 0.3) is 0 Å². The summed E-state index contributed by atoms with van der Waals surface area (Å²) in [5.74, 6) is -0.713. The number of carboxylic acid groups (broad SMARTS) is 1.